The molecule has 2 amide bonds. The van der Waals surface area contributed by atoms with E-state index in [1.54, 1.807) is 6.92 Å². The largest absolute Gasteiger partial charge is 0.369 e. The van der Waals surface area contributed by atoms with Gasteiger partial charge >= 0.3 is 0 Å². The van der Waals surface area contributed by atoms with Crippen LogP contribution in [0.15, 0.2) is 0 Å². The molecule has 0 fully saturated rings. The predicted molar refractivity (Wildman–Crippen MR) is 41.3 cm³/mol. The summed E-state index contributed by atoms with van der Waals surface area (Å²) in [5.41, 5.74) is 4.97. The Hall–Kier alpha value is -1.06. The molecule has 11 heavy (non-hydrogen) atoms. The summed E-state index contributed by atoms with van der Waals surface area (Å²) >= 11 is 0. The molecular weight excluding hydrogens is 144 g/mol. The van der Waals surface area contributed by atoms with Crippen LogP contribution in [0.1, 0.15) is 13.3 Å². The van der Waals surface area contributed by atoms with Gasteiger partial charge in [0.25, 0.3) is 0 Å². The number of carbonyl (C=O) groups is 2. The van der Waals surface area contributed by atoms with E-state index in [2.05, 4.69) is 5.32 Å². The Labute approximate surface area is 66.1 Å². The molecule has 4 nitrogen and oxygen atoms in total. The van der Waals surface area contributed by atoms with E-state index >= 15 is 0 Å². The number of hydrogen-bond acceptors (Lipinski definition) is 2. The molecule has 0 rings (SSSR count). The van der Waals surface area contributed by atoms with Gasteiger partial charge in [-0.15, -0.1) is 0 Å². The fraction of sp³-hybridized carbons (Fsp3) is 0.571. The van der Waals surface area contributed by atoms with Gasteiger partial charge < -0.3 is 11.1 Å². The minimum absolute atomic E-state index is 0.182. The molecule has 1 radical (unpaired) electrons. The van der Waals surface area contributed by atoms with Crippen LogP contribution in [0.3, 0.4) is 0 Å². The summed E-state index contributed by atoms with van der Waals surface area (Å²) in [5, 5.41) is 2.41. The maximum atomic E-state index is 10.6. The molecule has 0 aromatic rings. The molecule has 0 unspecified atom stereocenters. The summed E-state index contributed by atoms with van der Waals surface area (Å²) in [4.78, 5) is 21.1. The first kappa shape index (κ1) is 9.94. The van der Waals surface area contributed by atoms with Crippen LogP contribution in [0, 0.1) is 12.3 Å². The molecule has 4 heteroatoms. The molecule has 0 aliphatic heterocycles. The summed E-state index contributed by atoms with van der Waals surface area (Å²) in [6.07, 6.45) is 1.81. The van der Waals surface area contributed by atoms with Crippen LogP contribution in [-0.2, 0) is 9.59 Å². The summed E-state index contributed by atoms with van der Waals surface area (Å²) in [6, 6.07) is 0. The molecular formula is C7H13N2O2. The minimum atomic E-state index is -0.384. The number of nitrogens with two attached hydrogens (primary N) is 1. The second-order valence-corrected chi connectivity index (χ2v) is 2.36. The van der Waals surface area contributed by atoms with E-state index in [4.69, 9.17) is 5.73 Å². The number of nitrogens with one attached hydrogen (secondary N) is 1. The average molecular weight is 157 g/mol. The maximum Gasteiger partial charge on any atom is 0.223 e. The van der Waals surface area contributed by atoms with Crippen molar-refractivity contribution in [2.45, 2.75) is 13.3 Å². The van der Waals surface area contributed by atoms with Gasteiger partial charge in [-0.3, -0.25) is 9.59 Å². The SMILES string of the molecule is CNC(=O)[CH]C[C@H](C)C(N)=O. The van der Waals surface area contributed by atoms with E-state index in [9.17, 15) is 9.59 Å². The van der Waals surface area contributed by atoms with Crippen LogP contribution >= 0.6 is 0 Å². The van der Waals surface area contributed by atoms with E-state index in [-0.39, 0.29) is 17.7 Å². The zero-order valence-corrected chi connectivity index (χ0v) is 6.76. The zero-order valence-electron chi connectivity index (χ0n) is 6.76. The van der Waals surface area contributed by atoms with Gasteiger partial charge in [-0.05, 0) is 6.42 Å². The summed E-state index contributed by atoms with van der Waals surface area (Å²) in [6.45, 7) is 1.68. The highest BCUT2D eigenvalue weighted by Gasteiger charge is 2.10. The normalized spacial score (nSPS) is 12.2. The third kappa shape index (κ3) is 4.36. The van der Waals surface area contributed by atoms with Gasteiger partial charge in [-0.2, -0.15) is 0 Å². The van der Waals surface area contributed by atoms with Crippen molar-refractivity contribution >= 4 is 11.8 Å². The van der Waals surface area contributed by atoms with Crippen molar-refractivity contribution in [2.24, 2.45) is 11.7 Å². The molecule has 0 aliphatic rings. The first-order chi connectivity index (χ1) is 5.07. The van der Waals surface area contributed by atoms with Gasteiger partial charge in [0.15, 0.2) is 0 Å². The quantitative estimate of drug-likeness (QED) is 0.574. The predicted octanol–water partition coefficient (Wildman–Crippen LogP) is -0.552. The van der Waals surface area contributed by atoms with Crippen molar-refractivity contribution in [2.75, 3.05) is 7.05 Å². The number of amides is 2. The lowest BCUT2D eigenvalue weighted by Crippen LogP contribution is -2.24. The van der Waals surface area contributed by atoms with Crippen molar-refractivity contribution in [1.82, 2.24) is 5.32 Å². The monoisotopic (exact) mass is 157 g/mol. The van der Waals surface area contributed by atoms with Crippen LogP contribution in [0.25, 0.3) is 0 Å². The Morgan fingerprint density at radius 2 is 2.18 bits per heavy atom. The Bertz CT molecular complexity index is 157. The molecule has 0 saturated carbocycles. The lowest BCUT2D eigenvalue weighted by Gasteiger charge is -2.04. The smallest absolute Gasteiger partial charge is 0.223 e. The van der Waals surface area contributed by atoms with E-state index in [0.29, 0.717) is 6.42 Å². The molecule has 63 valence electrons. The Morgan fingerprint density at radius 1 is 1.64 bits per heavy atom. The first-order valence-electron chi connectivity index (χ1n) is 3.42. The number of hydrogen-bond donors (Lipinski definition) is 2. The van der Waals surface area contributed by atoms with Crippen LogP contribution in [0.4, 0.5) is 0 Å². The fourth-order valence-corrected chi connectivity index (χ4v) is 0.502. The number of primary amides is 1. The molecule has 3 N–H and O–H groups in total. The lowest BCUT2D eigenvalue weighted by molar-refractivity contribution is -0.121. The summed E-state index contributed by atoms with van der Waals surface area (Å²) in [5.74, 6) is -0.837. The summed E-state index contributed by atoms with van der Waals surface area (Å²) in [7, 11) is 1.54. The van der Waals surface area contributed by atoms with Gasteiger partial charge in [0, 0.05) is 13.0 Å². The highest BCUT2D eigenvalue weighted by molar-refractivity contribution is 5.85. The van der Waals surface area contributed by atoms with Crippen molar-refractivity contribution in [3.05, 3.63) is 6.42 Å². The molecule has 0 aliphatic carbocycles. The van der Waals surface area contributed by atoms with Crippen molar-refractivity contribution < 1.29 is 9.59 Å². The molecule has 0 saturated heterocycles. The van der Waals surface area contributed by atoms with Crippen LogP contribution < -0.4 is 11.1 Å². The molecule has 1 atom stereocenters. The molecule has 0 aromatic carbocycles. The number of carbonyl (C=O) groups excluding carboxylic acids is 2. The Balaban J connectivity index is 3.54. The highest BCUT2D eigenvalue weighted by atomic mass is 16.2. The molecule has 0 spiro atoms. The van der Waals surface area contributed by atoms with Crippen molar-refractivity contribution in [3.63, 3.8) is 0 Å². The first-order valence-corrected chi connectivity index (χ1v) is 3.42. The maximum absolute atomic E-state index is 10.6. The second kappa shape index (κ2) is 4.71. The van der Waals surface area contributed by atoms with E-state index in [1.165, 1.54) is 13.5 Å². The third-order valence-electron chi connectivity index (χ3n) is 1.39. The molecule has 0 aromatic heterocycles. The van der Waals surface area contributed by atoms with E-state index in [1.807, 2.05) is 0 Å². The third-order valence-corrected chi connectivity index (χ3v) is 1.39. The van der Waals surface area contributed by atoms with Crippen LogP contribution in [-0.4, -0.2) is 18.9 Å². The lowest BCUT2D eigenvalue weighted by atomic mass is 10.1. The standard InChI is InChI=1S/C7H13N2O2/c1-5(7(8)11)3-4-6(10)9-2/h4-5H,3H2,1-2H3,(H2,8,11)(H,9,10)/t5-/m0/s1. The Kier molecular flexibility index (Phi) is 4.26. The van der Waals surface area contributed by atoms with Crippen molar-refractivity contribution in [1.29, 1.82) is 0 Å². The van der Waals surface area contributed by atoms with Gasteiger partial charge in [-0.1, -0.05) is 6.92 Å². The number of rotatable bonds is 4. The average Bonchev–Trinajstić information content (AvgIpc) is 1.99. The van der Waals surface area contributed by atoms with Gasteiger partial charge in [0.1, 0.15) is 0 Å². The van der Waals surface area contributed by atoms with Crippen LogP contribution in [0.2, 0.25) is 0 Å². The minimum Gasteiger partial charge on any atom is -0.369 e. The van der Waals surface area contributed by atoms with Crippen molar-refractivity contribution in [3.8, 4) is 0 Å². The van der Waals surface area contributed by atoms with E-state index in [0.717, 1.165) is 0 Å². The second-order valence-electron chi connectivity index (χ2n) is 2.36. The fourth-order valence-electron chi connectivity index (χ4n) is 0.502. The van der Waals surface area contributed by atoms with E-state index < -0.39 is 0 Å². The highest BCUT2D eigenvalue weighted by Crippen LogP contribution is 2.02. The zero-order chi connectivity index (χ0) is 8.85. The van der Waals surface area contributed by atoms with Crippen LogP contribution in [0.5, 0.6) is 0 Å². The topological polar surface area (TPSA) is 72.2 Å². The Morgan fingerprint density at radius 3 is 2.55 bits per heavy atom. The summed E-state index contributed by atoms with van der Waals surface area (Å²) < 4.78 is 0. The van der Waals surface area contributed by atoms with Gasteiger partial charge in [0.2, 0.25) is 11.8 Å². The van der Waals surface area contributed by atoms with Gasteiger partial charge in [-0.25, -0.2) is 0 Å². The van der Waals surface area contributed by atoms with Gasteiger partial charge in [0.05, 0.1) is 6.42 Å². The molecule has 0 heterocycles. The molecule has 0 bridgehead atoms.